The van der Waals surface area contributed by atoms with Gasteiger partial charge in [-0.2, -0.15) is 10.2 Å². The van der Waals surface area contributed by atoms with E-state index >= 15 is 0 Å². The van der Waals surface area contributed by atoms with Crippen molar-refractivity contribution in [3.05, 3.63) is 17.0 Å². The number of nitrogens with two attached hydrogens (primary N) is 1. The number of aryl methyl sites for hydroxylation is 1. The number of nitrogens with one attached hydrogen (secondary N) is 2. The Bertz CT molecular complexity index is 786. The average Bonchev–Trinajstić information content (AvgIpc) is 2.90. The molecule has 2 aromatic rings. The van der Waals surface area contributed by atoms with E-state index in [-0.39, 0.29) is 10.7 Å². The van der Waals surface area contributed by atoms with Crippen LogP contribution in [0.25, 0.3) is 11.3 Å². The molecule has 0 radical (unpaired) electrons. The zero-order chi connectivity index (χ0) is 13.8. The third-order valence-corrected chi connectivity index (χ3v) is 4.13. The van der Waals surface area contributed by atoms with Gasteiger partial charge in [0.05, 0.1) is 5.56 Å². The highest BCUT2D eigenvalue weighted by Gasteiger charge is 2.31. The number of amides is 1. The van der Waals surface area contributed by atoms with Crippen LogP contribution in [0.1, 0.15) is 21.7 Å². The number of hydrogen-bond acceptors (Lipinski definition) is 5. The summed E-state index contributed by atoms with van der Waals surface area (Å²) in [7, 11) is -3.47. The maximum atomic E-state index is 11.7. The van der Waals surface area contributed by atoms with Gasteiger partial charge in [-0.05, 0) is 12.8 Å². The molecule has 3 rings (SSSR count). The zero-order valence-electron chi connectivity index (χ0n) is 10.0. The van der Waals surface area contributed by atoms with Crippen LogP contribution >= 0.6 is 0 Å². The number of hydrogen-bond donors (Lipinski definition) is 3. The van der Waals surface area contributed by atoms with Gasteiger partial charge in [0, 0.05) is 17.5 Å². The van der Waals surface area contributed by atoms with Gasteiger partial charge in [-0.15, -0.1) is 0 Å². The quantitative estimate of drug-likeness (QED) is 0.675. The molecule has 19 heavy (non-hydrogen) atoms. The van der Waals surface area contributed by atoms with E-state index in [2.05, 4.69) is 20.4 Å². The lowest BCUT2D eigenvalue weighted by molar-refractivity contribution is 0.0994. The summed E-state index contributed by atoms with van der Waals surface area (Å²) in [6.45, 7) is 0. The lowest BCUT2D eigenvalue weighted by Gasteiger charge is -2.11. The summed E-state index contributed by atoms with van der Waals surface area (Å²) >= 11 is 0. The Balaban J connectivity index is 2.30. The van der Waals surface area contributed by atoms with Crippen molar-refractivity contribution in [3.63, 3.8) is 0 Å². The van der Waals surface area contributed by atoms with Crippen LogP contribution in [0.5, 0.6) is 0 Å². The molecule has 2 heterocycles. The van der Waals surface area contributed by atoms with Crippen LogP contribution in [-0.4, -0.2) is 41.0 Å². The Labute approximate surface area is 108 Å². The molecule has 9 heteroatoms. The Hall–Kier alpha value is -2.16. The highest BCUT2D eigenvalue weighted by Crippen LogP contribution is 2.36. The Morgan fingerprint density at radius 2 is 2.00 bits per heavy atom. The van der Waals surface area contributed by atoms with Gasteiger partial charge in [-0.25, -0.2) is 8.42 Å². The highest BCUT2D eigenvalue weighted by atomic mass is 32.2. The second-order valence-corrected chi connectivity index (χ2v) is 6.38. The van der Waals surface area contributed by atoms with E-state index in [4.69, 9.17) is 5.73 Å². The van der Waals surface area contributed by atoms with Crippen LogP contribution in [0.4, 0.5) is 0 Å². The van der Waals surface area contributed by atoms with Crippen molar-refractivity contribution >= 4 is 15.7 Å². The fourth-order valence-electron chi connectivity index (χ4n) is 2.32. The van der Waals surface area contributed by atoms with Crippen molar-refractivity contribution in [2.24, 2.45) is 5.73 Å². The largest absolute Gasteiger partial charge is 0.364 e. The number of aromatic nitrogens is 4. The topological polar surface area (TPSA) is 135 Å². The van der Waals surface area contributed by atoms with Gasteiger partial charge in [0.2, 0.25) is 0 Å². The molecule has 0 saturated heterocycles. The van der Waals surface area contributed by atoms with Gasteiger partial charge in [0.15, 0.2) is 14.9 Å². The molecule has 0 fully saturated rings. The van der Waals surface area contributed by atoms with Crippen LogP contribution in [0, 0.1) is 0 Å². The standard InChI is InChI=1S/C10H11N5O3S/c1-19(17,18)10-6-5(12-15-10)3-2-4-7(6)13-14-8(4)9(11)16/h2-3H2,1H3,(H2,11,16)(H,12,15)(H,13,14). The number of aromatic amines is 2. The number of fused-ring (bicyclic) bond motifs is 3. The molecule has 2 aromatic heterocycles. The average molecular weight is 281 g/mol. The van der Waals surface area contributed by atoms with E-state index in [1.807, 2.05) is 0 Å². The Kier molecular flexibility index (Phi) is 2.30. The molecule has 0 atom stereocenters. The van der Waals surface area contributed by atoms with Crippen molar-refractivity contribution in [3.8, 4) is 11.3 Å². The lowest BCUT2D eigenvalue weighted by Crippen LogP contribution is -2.15. The number of H-pyrrole nitrogens is 2. The van der Waals surface area contributed by atoms with E-state index in [9.17, 15) is 13.2 Å². The summed E-state index contributed by atoms with van der Waals surface area (Å²) in [5, 5.41) is 13.1. The zero-order valence-corrected chi connectivity index (χ0v) is 10.8. The Morgan fingerprint density at radius 1 is 1.26 bits per heavy atom. The van der Waals surface area contributed by atoms with Gasteiger partial charge >= 0.3 is 0 Å². The normalized spacial score (nSPS) is 13.9. The van der Waals surface area contributed by atoms with Gasteiger partial charge in [-0.3, -0.25) is 15.0 Å². The molecule has 0 unspecified atom stereocenters. The van der Waals surface area contributed by atoms with Crippen LogP contribution < -0.4 is 5.73 Å². The molecule has 0 bridgehead atoms. The predicted molar refractivity (Wildman–Crippen MR) is 65.2 cm³/mol. The van der Waals surface area contributed by atoms with Crippen LogP contribution in [0.15, 0.2) is 5.03 Å². The minimum Gasteiger partial charge on any atom is -0.364 e. The smallest absolute Gasteiger partial charge is 0.267 e. The molecule has 1 amide bonds. The molecule has 100 valence electrons. The molecule has 0 saturated carbocycles. The first kappa shape index (κ1) is 11.9. The third-order valence-electron chi connectivity index (χ3n) is 3.13. The monoisotopic (exact) mass is 281 g/mol. The second-order valence-electron chi connectivity index (χ2n) is 4.44. The second kappa shape index (κ2) is 3.67. The SMILES string of the molecule is CS(=O)(=O)c1n[nH]c2c1-c1n[nH]c(C(N)=O)c1CC2. The first-order valence-electron chi connectivity index (χ1n) is 5.54. The first-order valence-corrected chi connectivity index (χ1v) is 7.43. The predicted octanol–water partition coefficient (Wildman–Crippen LogP) is -0.599. The summed E-state index contributed by atoms with van der Waals surface area (Å²) in [6.07, 6.45) is 2.20. The number of carbonyl (C=O) groups is 1. The number of nitrogens with zero attached hydrogens (tertiary/aromatic N) is 2. The number of sulfone groups is 1. The van der Waals surface area contributed by atoms with Crippen LogP contribution in [0.3, 0.4) is 0 Å². The van der Waals surface area contributed by atoms with Crippen molar-refractivity contribution in [1.29, 1.82) is 0 Å². The lowest BCUT2D eigenvalue weighted by atomic mass is 9.94. The van der Waals surface area contributed by atoms with E-state index in [0.29, 0.717) is 35.4 Å². The first-order chi connectivity index (χ1) is 8.89. The number of primary amides is 1. The van der Waals surface area contributed by atoms with Gasteiger partial charge in [0.1, 0.15) is 11.4 Å². The fourth-order valence-corrected chi connectivity index (χ4v) is 3.12. The molecule has 8 nitrogen and oxygen atoms in total. The number of carbonyl (C=O) groups excluding carboxylic acids is 1. The molecular weight excluding hydrogens is 270 g/mol. The minimum absolute atomic E-state index is 0.0500. The molecule has 0 spiro atoms. The molecule has 1 aliphatic rings. The summed E-state index contributed by atoms with van der Waals surface area (Å²) in [6, 6.07) is 0. The maximum absolute atomic E-state index is 11.7. The van der Waals surface area contributed by atoms with Crippen molar-refractivity contribution in [1.82, 2.24) is 20.4 Å². The molecule has 0 aliphatic heterocycles. The van der Waals surface area contributed by atoms with E-state index in [0.717, 1.165) is 6.26 Å². The fraction of sp³-hybridized carbons (Fsp3) is 0.300. The van der Waals surface area contributed by atoms with Crippen molar-refractivity contribution in [2.75, 3.05) is 6.26 Å². The molecule has 4 N–H and O–H groups in total. The molecule has 0 aromatic carbocycles. The van der Waals surface area contributed by atoms with Crippen LogP contribution in [0.2, 0.25) is 0 Å². The maximum Gasteiger partial charge on any atom is 0.267 e. The van der Waals surface area contributed by atoms with Gasteiger partial charge in [0.25, 0.3) is 5.91 Å². The minimum atomic E-state index is -3.47. The molecular formula is C10H11N5O3S. The highest BCUT2D eigenvalue weighted by molar-refractivity contribution is 7.90. The van der Waals surface area contributed by atoms with Crippen LogP contribution in [-0.2, 0) is 22.7 Å². The Morgan fingerprint density at radius 3 is 2.63 bits per heavy atom. The van der Waals surface area contributed by atoms with E-state index in [1.165, 1.54) is 0 Å². The van der Waals surface area contributed by atoms with Gasteiger partial charge in [-0.1, -0.05) is 0 Å². The van der Waals surface area contributed by atoms with Gasteiger partial charge < -0.3 is 5.73 Å². The van der Waals surface area contributed by atoms with E-state index in [1.54, 1.807) is 0 Å². The molecule has 1 aliphatic carbocycles. The van der Waals surface area contributed by atoms with Crippen molar-refractivity contribution in [2.45, 2.75) is 17.9 Å². The number of rotatable bonds is 2. The van der Waals surface area contributed by atoms with E-state index < -0.39 is 15.7 Å². The summed E-state index contributed by atoms with van der Waals surface area (Å²) in [4.78, 5) is 11.3. The summed E-state index contributed by atoms with van der Waals surface area (Å²) in [5.74, 6) is -0.610. The summed E-state index contributed by atoms with van der Waals surface area (Å²) < 4.78 is 23.4. The van der Waals surface area contributed by atoms with Crippen molar-refractivity contribution < 1.29 is 13.2 Å². The third kappa shape index (κ3) is 1.65. The summed E-state index contributed by atoms with van der Waals surface area (Å²) in [5.41, 5.74) is 7.69.